The molecular formula is C57H68N7O13PSSi. The van der Waals surface area contributed by atoms with E-state index in [9.17, 15) is 14.4 Å². The van der Waals surface area contributed by atoms with Gasteiger partial charge in [-0.1, -0.05) is 93.6 Å². The van der Waals surface area contributed by atoms with Crippen LogP contribution in [0.4, 0.5) is 5.82 Å². The van der Waals surface area contributed by atoms with Gasteiger partial charge in [-0.25, -0.2) is 19.7 Å². The first kappa shape index (κ1) is 58.4. The number of H-pyrrole nitrogens is 1. The second kappa shape index (κ2) is 24.1. The lowest BCUT2D eigenvalue weighted by Gasteiger charge is -2.40. The highest BCUT2D eigenvalue weighted by molar-refractivity contribution is 8.09. The maximum absolute atomic E-state index is 13.7. The van der Waals surface area contributed by atoms with E-state index >= 15 is 0 Å². The average molecular weight is 1150 g/mol. The Morgan fingerprint density at radius 3 is 1.86 bits per heavy atom. The molecule has 424 valence electrons. The van der Waals surface area contributed by atoms with Crippen molar-refractivity contribution in [3.05, 3.63) is 177 Å². The van der Waals surface area contributed by atoms with Gasteiger partial charge in [-0.2, -0.15) is 0 Å². The van der Waals surface area contributed by atoms with Gasteiger partial charge in [0.15, 0.2) is 44.2 Å². The number of anilines is 1. The lowest BCUT2D eigenvalue weighted by molar-refractivity contribution is -0.0956. The summed E-state index contributed by atoms with van der Waals surface area (Å²) in [5.41, 5.74) is 1.26. The number of imidazole rings is 1. The van der Waals surface area contributed by atoms with Crippen LogP contribution in [0.5, 0.6) is 11.5 Å². The van der Waals surface area contributed by atoms with Crippen LogP contribution in [0, 0.1) is 6.92 Å². The van der Waals surface area contributed by atoms with E-state index in [1.807, 2.05) is 84.9 Å². The molecule has 1 amide bonds. The Morgan fingerprint density at radius 1 is 0.738 bits per heavy atom. The molecule has 2 aliphatic rings. The molecule has 23 heteroatoms. The minimum Gasteiger partial charge on any atom is -0.497 e. The summed E-state index contributed by atoms with van der Waals surface area (Å²) in [6.07, 6.45) is -2.82. The van der Waals surface area contributed by atoms with Crippen LogP contribution in [0.15, 0.2) is 138 Å². The Bertz CT molecular complexity index is 3390. The first-order valence-electron chi connectivity index (χ1n) is 26.0. The first-order valence-corrected chi connectivity index (χ1v) is 32.0. The highest BCUT2D eigenvalue weighted by Crippen LogP contribution is 2.52. The number of ether oxygens (including phenoxy) is 7. The molecule has 3 aromatic heterocycles. The standard InChI is InChI=1S/C57H68N7O13PSSi/c1-35-30-63(55(67)62-51(35)65)53-47(70-7)45(42(74-53)31-72-57(37-20-16-13-17-21-37,38-22-26-40(68-5)27-23-38)39-24-28-41(69-6)29-25-39)76-78(9,79)73-32-43-46(77-80(10,11)56(2,3)4)48(71-8)54(75-43)64-34-60-44-49(58-33-59-50(44)64)61-52(66)36-18-14-12-15-19-36/h12-30,33-34,42-43,45-48,53-54H,31-32H2,1-11H3,(H,62,65,67)(H,58,59,61,66)/t42-,43-,45-,46-,47-,48-,53-,54-,78?/m1/s1. The van der Waals surface area contributed by atoms with Crippen molar-refractivity contribution >= 4 is 49.5 Å². The van der Waals surface area contributed by atoms with Gasteiger partial charge in [-0.05, 0) is 90.0 Å². The number of amides is 1. The average Bonchev–Trinajstić information content (AvgIpc) is 4.26. The normalized spacial score (nSPS) is 22.3. The number of carbonyl (C=O) groups is 1. The first-order chi connectivity index (χ1) is 38.2. The van der Waals surface area contributed by atoms with Crippen LogP contribution in [0.1, 0.15) is 65.8 Å². The van der Waals surface area contributed by atoms with Crippen LogP contribution in [-0.4, -0.2) is 128 Å². The number of methoxy groups -OCH3 is 4. The van der Waals surface area contributed by atoms with E-state index in [0.717, 1.165) is 16.7 Å². The van der Waals surface area contributed by atoms with Gasteiger partial charge < -0.3 is 51.9 Å². The van der Waals surface area contributed by atoms with Gasteiger partial charge in [-0.3, -0.25) is 23.7 Å². The third kappa shape index (κ3) is 11.9. The van der Waals surface area contributed by atoms with Crippen molar-refractivity contribution in [2.24, 2.45) is 0 Å². The molecule has 1 unspecified atom stereocenters. The summed E-state index contributed by atoms with van der Waals surface area (Å²) in [6.45, 7) is 10.4. The van der Waals surface area contributed by atoms with Crippen LogP contribution in [0.25, 0.3) is 11.2 Å². The van der Waals surface area contributed by atoms with E-state index in [1.54, 1.807) is 70.1 Å². The van der Waals surface area contributed by atoms with Gasteiger partial charge in [0, 0.05) is 38.2 Å². The minimum absolute atomic E-state index is 0.107. The molecule has 4 aromatic carbocycles. The topological polar surface area (TPSA) is 220 Å². The summed E-state index contributed by atoms with van der Waals surface area (Å²) in [5, 5.41) is 2.66. The van der Waals surface area contributed by atoms with Crippen molar-refractivity contribution in [3.63, 3.8) is 0 Å². The number of aromatic amines is 1. The van der Waals surface area contributed by atoms with E-state index < -0.39 is 80.7 Å². The molecule has 9 atom stereocenters. The number of aryl methyl sites for hydroxylation is 1. The zero-order valence-electron chi connectivity index (χ0n) is 46.6. The molecule has 0 aliphatic carbocycles. The molecule has 80 heavy (non-hydrogen) atoms. The van der Waals surface area contributed by atoms with Crippen LogP contribution < -0.4 is 26.0 Å². The Hall–Kier alpha value is -6.27. The van der Waals surface area contributed by atoms with E-state index in [-0.39, 0.29) is 35.5 Å². The SMILES string of the molecule is COc1ccc(C(OC[C@H]2O[C@@H](n3cc(C)c(=O)[nH]c3=O)[C@H](OC)[C@@H]2OP(C)(=S)OC[C@H]2O[C@@H](n3cnc4c(NC(=O)c5ccccc5)ncnc43)[C@H](OC)[C@@H]2O[Si](C)(C)C(C)(C)C)(c2ccccc2)c2ccc(OC)cc2)cc1. The molecule has 2 aliphatic heterocycles. The van der Waals surface area contributed by atoms with E-state index in [4.69, 9.17) is 58.4 Å². The number of hydrogen-bond donors (Lipinski definition) is 2. The summed E-state index contributed by atoms with van der Waals surface area (Å²) < 4.78 is 68.8. The third-order valence-electron chi connectivity index (χ3n) is 15.1. The molecule has 2 N–H and O–H groups in total. The fourth-order valence-corrected chi connectivity index (χ4v) is 12.8. The fourth-order valence-electron chi connectivity index (χ4n) is 9.84. The van der Waals surface area contributed by atoms with Crippen molar-refractivity contribution in [2.75, 3.05) is 53.6 Å². The number of nitrogens with zero attached hydrogens (tertiary/aromatic N) is 5. The van der Waals surface area contributed by atoms with Gasteiger partial charge in [0.1, 0.15) is 60.1 Å². The predicted octanol–water partition coefficient (Wildman–Crippen LogP) is 8.52. The second-order valence-electron chi connectivity index (χ2n) is 21.2. The molecule has 0 bridgehead atoms. The molecule has 2 fully saturated rings. The fraction of sp³-hybridized carbons (Fsp3) is 0.404. The Morgan fingerprint density at radius 2 is 1.29 bits per heavy atom. The molecule has 5 heterocycles. The molecule has 0 radical (unpaired) electrons. The van der Waals surface area contributed by atoms with Gasteiger partial charge in [0.2, 0.25) is 0 Å². The summed E-state index contributed by atoms with van der Waals surface area (Å²) in [7, 11) is 3.73. The zero-order valence-corrected chi connectivity index (χ0v) is 49.3. The molecule has 7 aromatic rings. The van der Waals surface area contributed by atoms with Crippen LogP contribution in [0.2, 0.25) is 18.1 Å². The minimum atomic E-state index is -3.39. The monoisotopic (exact) mass is 1150 g/mol. The molecule has 0 saturated carbocycles. The van der Waals surface area contributed by atoms with Crippen molar-refractivity contribution < 1.29 is 51.4 Å². The number of benzene rings is 4. The molecule has 9 rings (SSSR count). The smallest absolute Gasteiger partial charge is 0.330 e. The number of aromatic nitrogens is 6. The number of carbonyl (C=O) groups excluding carboxylic acids is 1. The Balaban J connectivity index is 1.05. The lowest BCUT2D eigenvalue weighted by Crippen LogP contribution is -2.50. The quantitative estimate of drug-likeness (QED) is 0.0391. The number of fused-ring (bicyclic) bond motifs is 1. The van der Waals surface area contributed by atoms with Gasteiger partial charge in [0.25, 0.3) is 11.5 Å². The van der Waals surface area contributed by atoms with Crippen LogP contribution >= 0.6 is 6.49 Å². The lowest BCUT2D eigenvalue weighted by atomic mass is 9.80. The summed E-state index contributed by atoms with van der Waals surface area (Å²) in [5.74, 6) is 1.16. The summed E-state index contributed by atoms with van der Waals surface area (Å²) in [4.78, 5) is 55.7. The van der Waals surface area contributed by atoms with Gasteiger partial charge >= 0.3 is 5.69 Å². The zero-order chi connectivity index (χ0) is 57.1. The number of nitrogens with one attached hydrogen (secondary N) is 2. The summed E-state index contributed by atoms with van der Waals surface area (Å²) >= 11 is 6.33. The van der Waals surface area contributed by atoms with E-state index in [2.05, 4.69) is 59.1 Å². The third-order valence-corrected chi connectivity index (χ3v) is 21.4. The maximum atomic E-state index is 13.7. The van der Waals surface area contributed by atoms with E-state index in [1.165, 1.54) is 24.2 Å². The summed E-state index contributed by atoms with van der Waals surface area (Å²) in [6, 6.07) is 33.8. The van der Waals surface area contributed by atoms with Gasteiger partial charge in [-0.15, -0.1) is 0 Å². The second-order valence-corrected chi connectivity index (χ2v) is 29.9. The number of hydrogen-bond acceptors (Lipinski definition) is 17. The van der Waals surface area contributed by atoms with E-state index in [0.29, 0.717) is 28.2 Å². The predicted molar refractivity (Wildman–Crippen MR) is 307 cm³/mol. The Kier molecular flexibility index (Phi) is 17.6. The molecule has 0 spiro atoms. The highest BCUT2D eigenvalue weighted by Gasteiger charge is 2.54. The largest absolute Gasteiger partial charge is 0.497 e. The molecular weight excluding hydrogens is 1080 g/mol. The highest BCUT2D eigenvalue weighted by atomic mass is 32.5. The molecule has 2 saturated heterocycles. The maximum Gasteiger partial charge on any atom is 0.330 e. The Labute approximate surface area is 470 Å². The van der Waals surface area contributed by atoms with Crippen molar-refractivity contribution in [3.8, 4) is 11.5 Å². The number of rotatable bonds is 21. The van der Waals surface area contributed by atoms with Crippen molar-refractivity contribution in [1.82, 2.24) is 29.1 Å². The van der Waals surface area contributed by atoms with Crippen LogP contribution in [0.3, 0.4) is 0 Å². The molecule has 20 nitrogen and oxygen atoms in total. The van der Waals surface area contributed by atoms with Gasteiger partial charge in [0.05, 0.1) is 33.8 Å². The van der Waals surface area contributed by atoms with Crippen LogP contribution in [-0.2, 0) is 54.6 Å². The van der Waals surface area contributed by atoms with Crippen molar-refractivity contribution in [1.29, 1.82) is 0 Å². The van der Waals surface area contributed by atoms with Crippen molar-refractivity contribution in [2.45, 2.75) is 101 Å².